The molecule has 26 heavy (non-hydrogen) atoms. The predicted octanol–water partition coefficient (Wildman–Crippen LogP) is 4.37. The van der Waals surface area contributed by atoms with Crippen molar-refractivity contribution in [3.05, 3.63) is 108 Å². The number of pyridine rings is 1. The third-order valence-electron chi connectivity index (χ3n) is 4.14. The van der Waals surface area contributed by atoms with E-state index in [0.717, 1.165) is 17.5 Å². The third-order valence-corrected chi connectivity index (χ3v) is 4.14. The Labute approximate surface area is 154 Å². The lowest BCUT2D eigenvalue weighted by molar-refractivity contribution is -0.126. The molecule has 0 saturated carbocycles. The van der Waals surface area contributed by atoms with Crippen molar-refractivity contribution in [2.45, 2.75) is 13.0 Å². The summed E-state index contributed by atoms with van der Waals surface area (Å²) in [7, 11) is 0. The Morgan fingerprint density at radius 2 is 1.58 bits per heavy atom. The average molecular weight is 342 g/mol. The van der Waals surface area contributed by atoms with Gasteiger partial charge >= 0.3 is 0 Å². The summed E-state index contributed by atoms with van der Waals surface area (Å²) in [5.41, 5.74) is 3.27. The number of carbonyl (C=O) groups excluding carboxylic acids is 1. The van der Waals surface area contributed by atoms with Crippen LogP contribution in [0.3, 0.4) is 0 Å². The van der Waals surface area contributed by atoms with E-state index in [1.807, 2.05) is 77.8 Å². The number of hydrogen-bond donors (Lipinski definition) is 0. The zero-order valence-electron chi connectivity index (χ0n) is 14.7. The van der Waals surface area contributed by atoms with E-state index < -0.39 is 0 Å². The molecular formula is C23H22N2O. The highest BCUT2D eigenvalue weighted by Crippen LogP contribution is 2.09. The quantitative estimate of drug-likeness (QED) is 0.598. The van der Waals surface area contributed by atoms with Crippen LogP contribution in [0.4, 0.5) is 0 Å². The van der Waals surface area contributed by atoms with Gasteiger partial charge in [-0.3, -0.25) is 9.78 Å². The van der Waals surface area contributed by atoms with E-state index in [1.165, 1.54) is 5.56 Å². The maximum Gasteiger partial charge on any atom is 0.246 e. The molecule has 1 heterocycles. The van der Waals surface area contributed by atoms with Crippen LogP contribution in [0.1, 0.15) is 16.7 Å². The summed E-state index contributed by atoms with van der Waals surface area (Å²) in [5, 5.41) is 0. The van der Waals surface area contributed by atoms with Gasteiger partial charge in [0, 0.05) is 31.6 Å². The van der Waals surface area contributed by atoms with E-state index in [-0.39, 0.29) is 5.91 Å². The number of benzene rings is 2. The molecule has 0 spiro atoms. The molecular weight excluding hydrogens is 320 g/mol. The normalized spacial score (nSPS) is 10.8. The van der Waals surface area contributed by atoms with Gasteiger partial charge in [0.2, 0.25) is 5.91 Å². The molecule has 0 N–H and O–H groups in total. The van der Waals surface area contributed by atoms with E-state index in [4.69, 9.17) is 0 Å². The Balaban J connectivity index is 1.70. The van der Waals surface area contributed by atoms with Gasteiger partial charge in [-0.25, -0.2) is 0 Å². The van der Waals surface area contributed by atoms with E-state index in [9.17, 15) is 4.79 Å². The summed E-state index contributed by atoms with van der Waals surface area (Å²) >= 11 is 0. The molecule has 0 aliphatic heterocycles. The van der Waals surface area contributed by atoms with Crippen molar-refractivity contribution in [1.29, 1.82) is 0 Å². The van der Waals surface area contributed by atoms with Gasteiger partial charge in [0.05, 0.1) is 0 Å². The van der Waals surface area contributed by atoms with Gasteiger partial charge in [-0.2, -0.15) is 0 Å². The Bertz CT molecular complexity index is 830. The Morgan fingerprint density at radius 1 is 0.885 bits per heavy atom. The van der Waals surface area contributed by atoms with Gasteiger partial charge in [0.1, 0.15) is 0 Å². The summed E-state index contributed by atoms with van der Waals surface area (Å²) in [6.45, 7) is 1.22. The largest absolute Gasteiger partial charge is 0.334 e. The molecule has 1 aromatic heterocycles. The first-order valence-electron chi connectivity index (χ1n) is 8.76. The van der Waals surface area contributed by atoms with Crippen molar-refractivity contribution in [2.75, 3.05) is 6.54 Å². The van der Waals surface area contributed by atoms with E-state index in [2.05, 4.69) is 17.1 Å². The van der Waals surface area contributed by atoms with Crippen LogP contribution in [-0.2, 0) is 17.8 Å². The topological polar surface area (TPSA) is 33.2 Å². The standard InChI is InChI=1S/C23H22N2O/c26-23(14-13-20-8-3-1-4-9-20)25(19-22-12-7-16-24-18-22)17-15-21-10-5-2-6-11-21/h1-14,16,18H,15,17,19H2/b14-13+. The molecule has 130 valence electrons. The number of nitrogens with zero attached hydrogens (tertiary/aromatic N) is 2. The van der Waals surface area contributed by atoms with Gasteiger partial charge < -0.3 is 4.90 Å². The van der Waals surface area contributed by atoms with Crippen LogP contribution in [0.15, 0.2) is 91.3 Å². The van der Waals surface area contributed by atoms with Gasteiger partial charge in [-0.05, 0) is 35.3 Å². The highest BCUT2D eigenvalue weighted by atomic mass is 16.2. The first kappa shape index (κ1) is 17.6. The van der Waals surface area contributed by atoms with Crippen molar-refractivity contribution < 1.29 is 4.79 Å². The molecule has 3 heteroatoms. The smallest absolute Gasteiger partial charge is 0.246 e. The van der Waals surface area contributed by atoms with Crippen LogP contribution < -0.4 is 0 Å². The zero-order chi connectivity index (χ0) is 18.0. The molecule has 2 aromatic carbocycles. The first-order chi connectivity index (χ1) is 12.8. The second-order valence-electron chi connectivity index (χ2n) is 6.10. The molecule has 0 aliphatic rings. The average Bonchev–Trinajstić information content (AvgIpc) is 2.71. The highest BCUT2D eigenvalue weighted by molar-refractivity contribution is 5.91. The summed E-state index contributed by atoms with van der Waals surface area (Å²) in [4.78, 5) is 18.8. The van der Waals surface area contributed by atoms with Crippen molar-refractivity contribution >= 4 is 12.0 Å². The lowest BCUT2D eigenvalue weighted by Crippen LogP contribution is -2.31. The van der Waals surface area contributed by atoms with E-state index in [1.54, 1.807) is 12.3 Å². The Morgan fingerprint density at radius 3 is 2.27 bits per heavy atom. The number of hydrogen-bond acceptors (Lipinski definition) is 2. The summed E-state index contributed by atoms with van der Waals surface area (Å²) in [6, 6.07) is 24.0. The van der Waals surface area contributed by atoms with Crippen molar-refractivity contribution in [1.82, 2.24) is 9.88 Å². The molecule has 0 bridgehead atoms. The molecule has 3 rings (SSSR count). The molecule has 0 aliphatic carbocycles. The molecule has 0 atom stereocenters. The number of carbonyl (C=O) groups is 1. The SMILES string of the molecule is O=C(/C=C/c1ccccc1)N(CCc1ccccc1)Cc1cccnc1. The second-order valence-corrected chi connectivity index (χ2v) is 6.10. The van der Waals surface area contributed by atoms with Crippen LogP contribution in [0.25, 0.3) is 6.08 Å². The summed E-state index contributed by atoms with van der Waals surface area (Å²) in [6.07, 6.45) is 7.89. The van der Waals surface area contributed by atoms with Crippen molar-refractivity contribution in [2.24, 2.45) is 0 Å². The van der Waals surface area contributed by atoms with Crippen LogP contribution in [0.5, 0.6) is 0 Å². The minimum absolute atomic E-state index is 0.00800. The Kier molecular flexibility index (Phi) is 6.32. The van der Waals surface area contributed by atoms with Gasteiger partial charge in [-0.1, -0.05) is 66.7 Å². The molecule has 0 saturated heterocycles. The lowest BCUT2D eigenvalue weighted by Gasteiger charge is -2.21. The first-order valence-corrected chi connectivity index (χ1v) is 8.76. The molecule has 0 radical (unpaired) electrons. The maximum absolute atomic E-state index is 12.8. The fourth-order valence-corrected chi connectivity index (χ4v) is 2.73. The molecule has 0 fully saturated rings. The molecule has 1 amide bonds. The minimum atomic E-state index is 0.00800. The monoisotopic (exact) mass is 342 g/mol. The van der Waals surface area contributed by atoms with Gasteiger partial charge in [-0.15, -0.1) is 0 Å². The van der Waals surface area contributed by atoms with Gasteiger partial charge in [0.25, 0.3) is 0 Å². The maximum atomic E-state index is 12.8. The lowest BCUT2D eigenvalue weighted by atomic mass is 10.1. The van der Waals surface area contributed by atoms with Crippen LogP contribution >= 0.6 is 0 Å². The molecule has 3 aromatic rings. The zero-order valence-corrected chi connectivity index (χ0v) is 14.7. The Hall–Kier alpha value is -3.20. The number of amides is 1. The fraction of sp³-hybridized carbons (Fsp3) is 0.130. The predicted molar refractivity (Wildman–Crippen MR) is 105 cm³/mol. The highest BCUT2D eigenvalue weighted by Gasteiger charge is 2.11. The summed E-state index contributed by atoms with van der Waals surface area (Å²) in [5.74, 6) is 0.00800. The van der Waals surface area contributed by atoms with Crippen LogP contribution in [0, 0.1) is 0 Å². The third kappa shape index (κ3) is 5.42. The fourth-order valence-electron chi connectivity index (χ4n) is 2.73. The number of rotatable bonds is 7. The number of aromatic nitrogens is 1. The van der Waals surface area contributed by atoms with Crippen molar-refractivity contribution in [3.63, 3.8) is 0 Å². The summed E-state index contributed by atoms with van der Waals surface area (Å²) < 4.78 is 0. The minimum Gasteiger partial charge on any atom is -0.334 e. The molecule has 0 unspecified atom stereocenters. The van der Waals surface area contributed by atoms with E-state index in [0.29, 0.717) is 13.1 Å². The second kappa shape index (κ2) is 9.33. The van der Waals surface area contributed by atoms with Crippen LogP contribution in [0.2, 0.25) is 0 Å². The molecule has 3 nitrogen and oxygen atoms in total. The van der Waals surface area contributed by atoms with Crippen LogP contribution in [-0.4, -0.2) is 22.3 Å². The van der Waals surface area contributed by atoms with Crippen molar-refractivity contribution in [3.8, 4) is 0 Å². The van der Waals surface area contributed by atoms with Gasteiger partial charge in [0.15, 0.2) is 0 Å². The van der Waals surface area contributed by atoms with E-state index >= 15 is 0 Å².